The summed E-state index contributed by atoms with van der Waals surface area (Å²) in [4.78, 5) is 12.8. The van der Waals surface area contributed by atoms with Crippen LogP contribution < -0.4 is 0 Å². The zero-order valence-corrected chi connectivity index (χ0v) is 9.96. The summed E-state index contributed by atoms with van der Waals surface area (Å²) >= 11 is 7.04. The van der Waals surface area contributed by atoms with E-state index in [0.717, 1.165) is 4.90 Å². The second kappa shape index (κ2) is 5.19. The van der Waals surface area contributed by atoms with Gasteiger partial charge in [0.05, 0.1) is 0 Å². The van der Waals surface area contributed by atoms with Crippen molar-refractivity contribution in [1.29, 1.82) is 0 Å². The molecule has 0 aromatic heterocycles. The predicted molar refractivity (Wildman–Crippen MR) is 68.1 cm³/mol. The van der Waals surface area contributed by atoms with Gasteiger partial charge in [0.1, 0.15) is 0 Å². The number of hydrogen-bond donors (Lipinski definition) is 0. The summed E-state index contributed by atoms with van der Waals surface area (Å²) in [5.41, 5.74) is 0.626. The quantitative estimate of drug-likeness (QED) is 0.739. The van der Waals surface area contributed by atoms with Crippen LogP contribution in [0.25, 0.3) is 0 Å². The van der Waals surface area contributed by atoms with E-state index in [-0.39, 0.29) is 5.12 Å². The van der Waals surface area contributed by atoms with Gasteiger partial charge in [0.2, 0.25) is 5.12 Å². The van der Waals surface area contributed by atoms with Crippen LogP contribution in [0.15, 0.2) is 59.5 Å². The van der Waals surface area contributed by atoms with Gasteiger partial charge in [-0.05, 0) is 36.0 Å². The number of thioether (sulfide) groups is 1. The Hall–Kier alpha value is -1.25. The van der Waals surface area contributed by atoms with Gasteiger partial charge in [0.25, 0.3) is 0 Å². The lowest BCUT2D eigenvalue weighted by Crippen LogP contribution is -1.92. The predicted octanol–water partition coefficient (Wildman–Crippen LogP) is 4.27. The SMILES string of the molecule is O=C(Sc1ccccc1)c1cccc(Cl)c1. The van der Waals surface area contributed by atoms with Crippen molar-refractivity contribution in [3.05, 3.63) is 65.2 Å². The second-order valence-electron chi connectivity index (χ2n) is 3.21. The van der Waals surface area contributed by atoms with Crippen LogP contribution in [0.3, 0.4) is 0 Å². The van der Waals surface area contributed by atoms with Crippen molar-refractivity contribution >= 4 is 28.5 Å². The normalized spacial score (nSPS) is 10.1. The summed E-state index contributed by atoms with van der Waals surface area (Å²) in [7, 11) is 0. The van der Waals surface area contributed by atoms with Crippen molar-refractivity contribution < 1.29 is 4.79 Å². The molecule has 0 saturated carbocycles. The van der Waals surface area contributed by atoms with E-state index in [9.17, 15) is 4.79 Å². The molecule has 0 saturated heterocycles. The van der Waals surface area contributed by atoms with Crippen molar-refractivity contribution in [2.45, 2.75) is 4.90 Å². The Morgan fingerprint density at radius 1 is 1.00 bits per heavy atom. The monoisotopic (exact) mass is 248 g/mol. The van der Waals surface area contributed by atoms with Crippen LogP contribution >= 0.6 is 23.4 Å². The van der Waals surface area contributed by atoms with Crippen molar-refractivity contribution in [3.8, 4) is 0 Å². The molecule has 0 spiro atoms. The molecule has 0 atom stereocenters. The molecule has 80 valence electrons. The zero-order valence-electron chi connectivity index (χ0n) is 8.39. The molecule has 0 bridgehead atoms. The minimum Gasteiger partial charge on any atom is -0.281 e. The van der Waals surface area contributed by atoms with Crippen LogP contribution in [0.1, 0.15) is 10.4 Å². The van der Waals surface area contributed by atoms with Crippen LogP contribution in [0.5, 0.6) is 0 Å². The molecule has 0 unspecified atom stereocenters. The molecule has 0 radical (unpaired) electrons. The Kier molecular flexibility index (Phi) is 3.65. The molecule has 0 heterocycles. The van der Waals surface area contributed by atoms with Gasteiger partial charge in [-0.25, -0.2) is 0 Å². The third-order valence-corrected chi connectivity index (χ3v) is 3.18. The zero-order chi connectivity index (χ0) is 11.4. The topological polar surface area (TPSA) is 17.1 Å². The van der Waals surface area contributed by atoms with Gasteiger partial charge in [0, 0.05) is 15.5 Å². The highest BCUT2D eigenvalue weighted by molar-refractivity contribution is 8.14. The third kappa shape index (κ3) is 2.87. The fraction of sp³-hybridized carbons (Fsp3) is 0. The van der Waals surface area contributed by atoms with Crippen LogP contribution in [-0.4, -0.2) is 5.12 Å². The fourth-order valence-electron chi connectivity index (χ4n) is 1.27. The summed E-state index contributed by atoms with van der Waals surface area (Å²) in [6.07, 6.45) is 0. The summed E-state index contributed by atoms with van der Waals surface area (Å²) < 4.78 is 0. The molecule has 0 fully saturated rings. The summed E-state index contributed by atoms with van der Waals surface area (Å²) in [5, 5.41) is 0.591. The number of rotatable bonds is 2. The standard InChI is InChI=1S/C13H9ClOS/c14-11-6-4-5-10(9-11)13(15)16-12-7-2-1-3-8-12/h1-9H. The summed E-state index contributed by atoms with van der Waals surface area (Å²) in [6.45, 7) is 0. The minimum atomic E-state index is 0.00806. The van der Waals surface area contributed by atoms with E-state index in [0.29, 0.717) is 10.6 Å². The van der Waals surface area contributed by atoms with Gasteiger partial charge in [-0.3, -0.25) is 4.79 Å². The molecule has 16 heavy (non-hydrogen) atoms. The van der Waals surface area contributed by atoms with Gasteiger partial charge in [0.15, 0.2) is 0 Å². The van der Waals surface area contributed by atoms with Crippen molar-refractivity contribution in [3.63, 3.8) is 0 Å². The Morgan fingerprint density at radius 3 is 2.44 bits per heavy atom. The smallest absolute Gasteiger partial charge is 0.224 e. The molecule has 1 nitrogen and oxygen atoms in total. The highest BCUT2D eigenvalue weighted by atomic mass is 35.5. The maximum Gasteiger partial charge on any atom is 0.224 e. The third-order valence-electron chi connectivity index (χ3n) is 2.01. The summed E-state index contributed by atoms with van der Waals surface area (Å²) in [5.74, 6) is 0. The number of hydrogen-bond acceptors (Lipinski definition) is 2. The molecule has 3 heteroatoms. The first-order valence-corrected chi connectivity index (χ1v) is 5.98. The van der Waals surface area contributed by atoms with E-state index >= 15 is 0 Å². The van der Waals surface area contributed by atoms with Crippen LogP contribution in [0.2, 0.25) is 5.02 Å². The van der Waals surface area contributed by atoms with Crippen molar-refractivity contribution in [2.75, 3.05) is 0 Å². The Morgan fingerprint density at radius 2 is 1.75 bits per heavy atom. The molecule has 0 aliphatic heterocycles. The minimum absolute atomic E-state index is 0.00806. The Labute approximate surface area is 103 Å². The fourth-order valence-corrected chi connectivity index (χ4v) is 2.21. The molecule has 0 aliphatic rings. The average Bonchev–Trinajstić information content (AvgIpc) is 2.30. The first-order valence-electron chi connectivity index (χ1n) is 4.78. The van der Waals surface area contributed by atoms with E-state index in [1.165, 1.54) is 11.8 Å². The Bertz CT molecular complexity index is 496. The lowest BCUT2D eigenvalue weighted by molar-refractivity contribution is 0.108. The van der Waals surface area contributed by atoms with Gasteiger partial charge < -0.3 is 0 Å². The first-order chi connectivity index (χ1) is 7.75. The lowest BCUT2D eigenvalue weighted by Gasteiger charge is -2.00. The van der Waals surface area contributed by atoms with Gasteiger partial charge in [-0.1, -0.05) is 41.9 Å². The number of carbonyl (C=O) groups excluding carboxylic acids is 1. The molecular formula is C13H9ClOS. The highest BCUT2D eigenvalue weighted by Gasteiger charge is 2.07. The molecule has 2 aromatic carbocycles. The summed E-state index contributed by atoms with van der Waals surface area (Å²) in [6, 6.07) is 16.5. The molecule has 2 rings (SSSR count). The Balaban J connectivity index is 2.15. The molecule has 2 aromatic rings. The maximum atomic E-state index is 11.9. The van der Waals surface area contributed by atoms with E-state index < -0.39 is 0 Å². The number of carbonyl (C=O) groups is 1. The average molecular weight is 249 g/mol. The lowest BCUT2D eigenvalue weighted by atomic mass is 10.2. The van der Waals surface area contributed by atoms with E-state index in [1.807, 2.05) is 30.3 Å². The largest absolute Gasteiger partial charge is 0.281 e. The molecule has 0 N–H and O–H groups in total. The first kappa shape index (κ1) is 11.2. The van der Waals surface area contributed by atoms with Gasteiger partial charge in [-0.15, -0.1) is 0 Å². The van der Waals surface area contributed by atoms with E-state index in [1.54, 1.807) is 24.3 Å². The van der Waals surface area contributed by atoms with Crippen LogP contribution in [-0.2, 0) is 0 Å². The second-order valence-corrected chi connectivity index (χ2v) is 4.70. The molecular weight excluding hydrogens is 240 g/mol. The number of halogens is 1. The molecule has 0 aliphatic carbocycles. The van der Waals surface area contributed by atoms with E-state index in [2.05, 4.69) is 0 Å². The van der Waals surface area contributed by atoms with Crippen molar-refractivity contribution in [2.24, 2.45) is 0 Å². The van der Waals surface area contributed by atoms with E-state index in [4.69, 9.17) is 11.6 Å². The number of benzene rings is 2. The molecule has 0 amide bonds. The highest BCUT2D eigenvalue weighted by Crippen LogP contribution is 2.23. The van der Waals surface area contributed by atoms with Crippen LogP contribution in [0.4, 0.5) is 0 Å². The van der Waals surface area contributed by atoms with Gasteiger partial charge in [-0.2, -0.15) is 0 Å². The van der Waals surface area contributed by atoms with Crippen molar-refractivity contribution in [1.82, 2.24) is 0 Å². The maximum absolute atomic E-state index is 11.9. The van der Waals surface area contributed by atoms with Gasteiger partial charge >= 0.3 is 0 Å². The van der Waals surface area contributed by atoms with Crippen LogP contribution in [0, 0.1) is 0 Å².